The van der Waals surface area contributed by atoms with Crippen LogP contribution in [0.15, 0.2) is 18.3 Å². The van der Waals surface area contributed by atoms with Crippen LogP contribution >= 0.6 is 0 Å². The van der Waals surface area contributed by atoms with Crippen molar-refractivity contribution in [3.05, 3.63) is 23.9 Å². The van der Waals surface area contributed by atoms with Crippen molar-refractivity contribution in [1.29, 1.82) is 0 Å². The highest BCUT2D eigenvalue weighted by atomic mass is 16.4. The van der Waals surface area contributed by atoms with Crippen molar-refractivity contribution < 1.29 is 9.90 Å². The van der Waals surface area contributed by atoms with Crippen LogP contribution in [0.25, 0.3) is 0 Å². The van der Waals surface area contributed by atoms with E-state index in [2.05, 4.69) is 9.88 Å². The molecule has 0 saturated carbocycles. The van der Waals surface area contributed by atoms with Crippen LogP contribution in [0.3, 0.4) is 0 Å². The Kier molecular flexibility index (Phi) is 3.39. The van der Waals surface area contributed by atoms with Gasteiger partial charge < -0.3 is 10.0 Å². The molecule has 0 aliphatic carbocycles. The molecule has 1 saturated heterocycles. The highest BCUT2D eigenvalue weighted by Crippen LogP contribution is 2.17. The van der Waals surface area contributed by atoms with E-state index in [9.17, 15) is 4.79 Å². The molecule has 0 amide bonds. The lowest BCUT2D eigenvalue weighted by Crippen LogP contribution is -2.18. The number of hydrogen-bond donors (Lipinski definition) is 1. The summed E-state index contributed by atoms with van der Waals surface area (Å²) in [5.74, 6) is 0.250. The number of nitrogens with zero attached hydrogens (tertiary/aromatic N) is 2. The van der Waals surface area contributed by atoms with Gasteiger partial charge in [0.2, 0.25) is 0 Å². The Hall–Kier alpha value is -1.58. The molecule has 0 atom stereocenters. The molecule has 0 aromatic carbocycles. The van der Waals surface area contributed by atoms with Crippen LogP contribution in [-0.4, -0.2) is 29.1 Å². The monoisotopic (exact) mass is 220 g/mol. The molecule has 0 unspecified atom stereocenters. The number of hydrogen-bond acceptors (Lipinski definition) is 3. The molecule has 1 aliphatic heterocycles. The van der Waals surface area contributed by atoms with Gasteiger partial charge in [0.05, 0.1) is 0 Å². The number of aromatic nitrogens is 1. The number of carbonyl (C=O) groups is 1. The number of pyridine rings is 1. The summed E-state index contributed by atoms with van der Waals surface area (Å²) < 4.78 is 0. The van der Waals surface area contributed by atoms with Crippen molar-refractivity contribution in [3.8, 4) is 0 Å². The van der Waals surface area contributed by atoms with Gasteiger partial charge in [0.15, 0.2) is 0 Å². The van der Waals surface area contributed by atoms with Gasteiger partial charge in [-0.1, -0.05) is 6.07 Å². The molecule has 2 rings (SSSR count). The van der Waals surface area contributed by atoms with Crippen molar-refractivity contribution in [2.75, 3.05) is 18.0 Å². The molecule has 0 spiro atoms. The van der Waals surface area contributed by atoms with E-state index in [-0.39, 0.29) is 6.42 Å². The Morgan fingerprint density at radius 3 is 2.69 bits per heavy atom. The molecule has 1 aliphatic rings. The van der Waals surface area contributed by atoms with Crippen LogP contribution in [-0.2, 0) is 11.2 Å². The second-order valence-electron chi connectivity index (χ2n) is 4.11. The summed E-state index contributed by atoms with van der Waals surface area (Å²) in [4.78, 5) is 17.1. The van der Waals surface area contributed by atoms with E-state index in [1.54, 1.807) is 6.20 Å². The van der Waals surface area contributed by atoms with E-state index >= 15 is 0 Å². The van der Waals surface area contributed by atoms with Crippen LogP contribution < -0.4 is 4.90 Å². The molecule has 1 fully saturated rings. The van der Waals surface area contributed by atoms with Crippen molar-refractivity contribution in [3.63, 3.8) is 0 Å². The van der Waals surface area contributed by atoms with Crippen molar-refractivity contribution in [2.45, 2.75) is 25.7 Å². The van der Waals surface area contributed by atoms with E-state index < -0.39 is 5.97 Å². The fraction of sp³-hybridized carbons (Fsp3) is 0.500. The lowest BCUT2D eigenvalue weighted by atomic mass is 10.1. The second kappa shape index (κ2) is 4.96. The standard InChI is InChI=1S/C12H16N2O2/c15-12(16)6-4-10-3-5-11(13-9-10)14-7-1-2-8-14/h3,5,9H,1-2,4,6-8H2,(H,15,16). The summed E-state index contributed by atoms with van der Waals surface area (Å²) in [6, 6.07) is 3.96. The van der Waals surface area contributed by atoms with Crippen molar-refractivity contribution in [1.82, 2.24) is 4.98 Å². The maximum atomic E-state index is 10.4. The maximum absolute atomic E-state index is 10.4. The third kappa shape index (κ3) is 2.72. The number of carboxylic acid groups (broad SMARTS) is 1. The minimum absolute atomic E-state index is 0.171. The SMILES string of the molecule is O=C(O)CCc1ccc(N2CCCC2)nc1. The van der Waals surface area contributed by atoms with Crippen molar-refractivity contribution >= 4 is 11.8 Å². The highest BCUT2D eigenvalue weighted by molar-refractivity contribution is 5.67. The molecular formula is C12H16N2O2. The fourth-order valence-corrected chi connectivity index (χ4v) is 1.95. The van der Waals surface area contributed by atoms with E-state index in [1.165, 1.54) is 12.8 Å². The van der Waals surface area contributed by atoms with Crippen LogP contribution in [0.1, 0.15) is 24.8 Å². The molecule has 0 bridgehead atoms. The Bertz CT molecular complexity index is 356. The molecule has 1 aromatic rings. The van der Waals surface area contributed by atoms with Gasteiger partial charge in [0.25, 0.3) is 0 Å². The summed E-state index contributed by atoms with van der Waals surface area (Å²) >= 11 is 0. The number of aryl methyl sites for hydroxylation is 1. The van der Waals surface area contributed by atoms with Crippen LogP contribution in [0.5, 0.6) is 0 Å². The average molecular weight is 220 g/mol. The van der Waals surface area contributed by atoms with Gasteiger partial charge in [-0.15, -0.1) is 0 Å². The molecule has 1 aromatic heterocycles. The van der Waals surface area contributed by atoms with Crippen molar-refractivity contribution in [2.24, 2.45) is 0 Å². The number of carboxylic acids is 1. The lowest BCUT2D eigenvalue weighted by molar-refractivity contribution is -0.136. The smallest absolute Gasteiger partial charge is 0.303 e. The second-order valence-corrected chi connectivity index (χ2v) is 4.11. The Morgan fingerprint density at radius 1 is 1.38 bits per heavy atom. The zero-order valence-electron chi connectivity index (χ0n) is 9.22. The molecule has 1 N–H and O–H groups in total. The van der Waals surface area contributed by atoms with Gasteiger partial charge in [-0.3, -0.25) is 4.79 Å². The predicted octanol–water partition coefficient (Wildman–Crippen LogP) is 1.70. The summed E-state index contributed by atoms with van der Waals surface area (Å²) in [6.07, 6.45) is 4.99. The topological polar surface area (TPSA) is 53.4 Å². The van der Waals surface area contributed by atoms with Gasteiger partial charge in [0.1, 0.15) is 5.82 Å². The number of rotatable bonds is 4. The van der Waals surface area contributed by atoms with E-state index in [1.807, 2.05) is 12.1 Å². The zero-order valence-corrected chi connectivity index (χ0v) is 9.22. The molecule has 16 heavy (non-hydrogen) atoms. The van der Waals surface area contributed by atoms with E-state index in [0.717, 1.165) is 24.5 Å². The first-order chi connectivity index (χ1) is 7.75. The highest BCUT2D eigenvalue weighted by Gasteiger charge is 2.12. The van der Waals surface area contributed by atoms with Crippen LogP contribution in [0, 0.1) is 0 Å². The summed E-state index contributed by atoms with van der Waals surface area (Å²) in [5.41, 5.74) is 0.991. The fourth-order valence-electron chi connectivity index (χ4n) is 1.95. The Morgan fingerprint density at radius 2 is 2.12 bits per heavy atom. The minimum atomic E-state index is -0.761. The number of anilines is 1. The molecule has 86 valence electrons. The summed E-state index contributed by atoms with van der Waals surface area (Å²) in [7, 11) is 0. The average Bonchev–Trinajstić information content (AvgIpc) is 2.80. The third-order valence-electron chi connectivity index (χ3n) is 2.87. The first-order valence-electron chi connectivity index (χ1n) is 5.67. The normalized spacial score (nSPS) is 15.4. The van der Waals surface area contributed by atoms with Gasteiger partial charge in [0, 0.05) is 25.7 Å². The predicted molar refractivity (Wildman–Crippen MR) is 61.6 cm³/mol. The zero-order chi connectivity index (χ0) is 11.4. The lowest BCUT2D eigenvalue weighted by Gasteiger charge is -2.16. The molecular weight excluding hydrogens is 204 g/mol. The summed E-state index contributed by atoms with van der Waals surface area (Å²) in [5, 5.41) is 8.57. The van der Waals surface area contributed by atoms with Gasteiger partial charge in [-0.25, -0.2) is 4.98 Å². The maximum Gasteiger partial charge on any atom is 0.303 e. The van der Waals surface area contributed by atoms with E-state index in [4.69, 9.17) is 5.11 Å². The first kappa shape index (κ1) is 10.9. The first-order valence-corrected chi connectivity index (χ1v) is 5.67. The van der Waals surface area contributed by atoms with Crippen LogP contribution in [0.4, 0.5) is 5.82 Å². The molecule has 2 heterocycles. The molecule has 4 heteroatoms. The molecule has 4 nitrogen and oxygen atoms in total. The molecule has 0 radical (unpaired) electrons. The minimum Gasteiger partial charge on any atom is -0.481 e. The van der Waals surface area contributed by atoms with Gasteiger partial charge >= 0.3 is 5.97 Å². The Balaban J connectivity index is 1.95. The largest absolute Gasteiger partial charge is 0.481 e. The summed E-state index contributed by atoms with van der Waals surface area (Å²) in [6.45, 7) is 2.17. The number of aliphatic carboxylic acids is 1. The quantitative estimate of drug-likeness (QED) is 0.839. The van der Waals surface area contributed by atoms with Gasteiger partial charge in [-0.2, -0.15) is 0 Å². The Labute approximate surface area is 94.9 Å². The van der Waals surface area contributed by atoms with Crippen LogP contribution in [0.2, 0.25) is 0 Å². The van der Waals surface area contributed by atoms with Gasteiger partial charge in [-0.05, 0) is 30.9 Å². The van der Waals surface area contributed by atoms with E-state index in [0.29, 0.717) is 6.42 Å². The third-order valence-corrected chi connectivity index (χ3v) is 2.87.